The molecule has 1 atom stereocenters. The Bertz CT molecular complexity index is 779. The van der Waals surface area contributed by atoms with Crippen molar-refractivity contribution >= 4 is 11.9 Å². The third-order valence-corrected chi connectivity index (χ3v) is 3.50. The number of hydrogen-bond acceptors (Lipinski definition) is 4. The minimum atomic E-state index is -0.509. The Kier molecular flexibility index (Phi) is 6.30. The van der Waals surface area contributed by atoms with Crippen LogP contribution in [0.3, 0.4) is 0 Å². The summed E-state index contributed by atoms with van der Waals surface area (Å²) >= 11 is 0. The van der Waals surface area contributed by atoms with E-state index in [-0.39, 0.29) is 24.4 Å². The van der Waals surface area contributed by atoms with Gasteiger partial charge in [-0.3, -0.25) is 9.59 Å². The van der Waals surface area contributed by atoms with E-state index in [1.807, 2.05) is 36.4 Å². The normalized spacial score (nSPS) is 11.4. The molecule has 0 radical (unpaired) electrons. The lowest BCUT2D eigenvalue weighted by Gasteiger charge is -2.19. The number of rotatable bonds is 6. The molecule has 0 spiro atoms. The fourth-order valence-electron chi connectivity index (χ4n) is 2.39. The molecule has 2 rings (SSSR count). The molecule has 0 heterocycles. The maximum Gasteiger partial charge on any atom is 0.308 e. The molecule has 0 saturated heterocycles. The van der Waals surface area contributed by atoms with Crippen molar-refractivity contribution in [2.24, 2.45) is 0 Å². The number of benzene rings is 2. The minimum Gasteiger partial charge on any atom is -0.463 e. The molecule has 5 nitrogen and oxygen atoms in total. The second-order valence-electron chi connectivity index (χ2n) is 5.87. The van der Waals surface area contributed by atoms with Crippen LogP contribution in [0.5, 0.6) is 0 Å². The van der Waals surface area contributed by atoms with E-state index in [0.717, 1.165) is 5.56 Å². The maximum absolute atomic E-state index is 12.5. The fraction of sp³-hybridized carbons (Fsp3) is 0.250. The Balaban J connectivity index is 2.19. The van der Waals surface area contributed by atoms with E-state index >= 15 is 0 Å². The van der Waals surface area contributed by atoms with Crippen LogP contribution in [-0.4, -0.2) is 18.0 Å². The lowest BCUT2D eigenvalue weighted by atomic mass is 10.0. The molecule has 0 aromatic heterocycles. The van der Waals surface area contributed by atoms with Crippen LogP contribution in [0.1, 0.15) is 47.8 Å². The van der Waals surface area contributed by atoms with Crippen molar-refractivity contribution in [1.29, 1.82) is 5.26 Å². The van der Waals surface area contributed by atoms with Gasteiger partial charge in [-0.05, 0) is 37.6 Å². The van der Waals surface area contributed by atoms with Crippen LogP contribution in [0, 0.1) is 11.3 Å². The van der Waals surface area contributed by atoms with E-state index < -0.39 is 6.04 Å². The zero-order valence-electron chi connectivity index (χ0n) is 14.2. The van der Waals surface area contributed by atoms with Gasteiger partial charge in [0.05, 0.1) is 30.2 Å². The molecule has 2 aromatic carbocycles. The summed E-state index contributed by atoms with van der Waals surface area (Å²) in [5.41, 5.74) is 1.59. The Hall–Kier alpha value is -3.13. The second kappa shape index (κ2) is 8.65. The van der Waals surface area contributed by atoms with Gasteiger partial charge in [-0.15, -0.1) is 0 Å². The van der Waals surface area contributed by atoms with Gasteiger partial charge in [-0.2, -0.15) is 5.26 Å². The predicted octanol–water partition coefficient (Wildman–Crippen LogP) is 3.37. The molecule has 1 amide bonds. The van der Waals surface area contributed by atoms with Gasteiger partial charge in [0.1, 0.15) is 0 Å². The molecule has 0 aliphatic carbocycles. The van der Waals surface area contributed by atoms with Gasteiger partial charge in [-0.25, -0.2) is 0 Å². The highest BCUT2D eigenvalue weighted by Gasteiger charge is 2.20. The monoisotopic (exact) mass is 336 g/mol. The molecule has 0 fully saturated rings. The van der Waals surface area contributed by atoms with Gasteiger partial charge in [0.15, 0.2) is 0 Å². The summed E-state index contributed by atoms with van der Waals surface area (Å²) in [6.07, 6.45) is -0.182. The highest BCUT2D eigenvalue weighted by atomic mass is 16.5. The van der Waals surface area contributed by atoms with Crippen molar-refractivity contribution in [3.8, 4) is 6.07 Å². The zero-order valence-corrected chi connectivity index (χ0v) is 14.2. The molecule has 0 saturated carbocycles. The third kappa shape index (κ3) is 5.47. The Morgan fingerprint density at radius 3 is 2.48 bits per heavy atom. The van der Waals surface area contributed by atoms with Gasteiger partial charge in [-0.1, -0.05) is 36.4 Å². The van der Waals surface area contributed by atoms with Crippen molar-refractivity contribution in [1.82, 2.24) is 5.32 Å². The highest BCUT2D eigenvalue weighted by molar-refractivity contribution is 5.95. The first-order chi connectivity index (χ1) is 12.0. The Morgan fingerprint density at radius 1 is 1.12 bits per heavy atom. The molecule has 2 aromatic rings. The van der Waals surface area contributed by atoms with Gasteiger partial charge >= 0.3 is 5.97 Å². The van der Waals surface area contributed by atoms with Crippen LogP contribution in [0.15, 0.2) is 54.6 Å². The largest absolute Gasteiger partial charge is 0.463 e. The lowest BCUT2D eigenvalue weighted by Crippen LogP contribution is -2.31. The van der Waals surface area contributed by atoms with Crippen molar-refractivity contribution in [2.75, 3.05) is 0 Å². The molecule has 1 unspecified atom stereocenters. The van der Waals surface area contributed by atoms with Crippen molar-refractivity contribution < 1.29 is 14.3 Å². The van der Waals surface area contributed by atoms with Gasteiger partial charge in [0.25, 0.3) is 5.91 Å². The van der Waals surface area contributed by atoms with Gasteiger partial charge in [0, 0.05) is 5.56 Å². The number of ether oxygens (including phenoxy) is 1. The van der Waals surface area contributed by atoms with Gasteiger partial charge < -0.3 is 10.1 Å². The topological polar surface area (TPSA) is 79.2 Å². The number of esters is 1. The average molecular weight is 336 g/mol. The van der Waals surface area contributed by atoms with Crippen LogP contribution in [0.25, 0.3) is 0 Å². The van der Waals surface area contributed by atoms with E-state index in [0.29, 0.717) is 11.1 Å². The standard InChI is InChI=1S/C20H20N2O3/c1-14(2)25-19(23)12-18(16-8-4-3-5-9-16)22-20(24)17-10-6-7-15(11-17)13-21/h3-11,14,18H,12H2,1-2H3,(H,22,24). The molecule has 25 heavy (non-hydrogen) atoms. The SMILES string of the molecule is CC(C)OC(=O)CC(NC(=O)c1cccc(C#N)c1)c1ccccc1. The number of nitrogens with one attached hydrogen (secondary N) is 1. The molecule has 1 N–H and O–H groups in total. The molecule has 5 heteroatoms. The molecule has 0 aliphatic rings. The molecular formula is C20H20N2O3. The number of nitriles is 1. The smallest absolute Gasteiger partial charge is 0.308 e. The minimum absolute atomic E-state index is 0.0336. The average Bonchev–Trinajstić information content (AvgIpc) is 2.61. The lowest BCUT2D eigenvalue weighted by molar-refractivity contribution is -0.147. The molecular weight excluding hydrogens is 316 g/mol. The highest BCUT2D eigenvalue weighted by Crippen LogP contribution is 2.19. The van der Waals surface area contributed by atoms with E-state index in [2.05, 4.69) is 5.32 Å². The fourth-order valence-corrected chi connectivity index (χ4v) is 2.39. The number of amides is 1. The number of hydrogen-bond donors (Lipinski definition) is 1. The summed E-state index contributed by atoms with van der Waals surface area (Å²) in [6, 6.07) is 17.2. The van der Waals surface area contributed by atoms with E-state index in [9.17, 15) is 9.59 Å². The third-order valence-electron chi connectivity index (χ3n) is 3.50. The summed E-state index contributed by atoms with van der Waals surface area (Å²) in [6.45, 7) is 3.56. The van der Waals surface area contributed by atoms with Crippen LogP contribution in [-0.2, 0) is 9.53 Å². The number of carbonyl (C=O) groups excluding carboxylic acids is 2. The molecule has 128 valence electrons. The number of nitrogens with zero attached hydrogens (tertiary/aromatic N) is 1. The first-order valence-electron chi connectivity index (χ1n) is 8.05. The Morgan fingerprint density at radius 2 is 1.84 bits per heavy atom. The summed E-state index contributed by atoms with van der Waals surface area (Å²) in [7, 11) is 0. The van der Waals surface area contributed by atoms with Crippen molar-refractivity contribution in [3.05, 3.63) is 71.3 Å². The first kappa shape index (κ1) is 18.2. The Labute approximate surface area is 147 Å². The van der Waals surface area contributed by atoms with E-state index in [4.69, 9.17) is 10.00 Å². The van der Waals surface area contributed by atoms with E-state index in [1.54, 1.807) is 32.0 Å². The van der Waals surface area contributed by atoms with Crippen molar-refractivity contribution in [2.45, 2.75) is 32.4 Å². The van der Waals surface area contributed by atoms with Crippen LogP contribution in [0.4, 0.5) is 0 Å². The summed E-state index contributed by atoms with van der Waals surface area (Å²) < 4.78 is 5.19. The first-order valence-corrected chi connectivity index (χ1v) is 8.05. The summed E-state index contributed by atoms with van der Waals surface area (Å²) in [4.78, 5) is 24.6. The number of carbonyl (C=O) groups is 2. The quantitative estimate of drug-likeness (QED) is 0.820. The molecule has 0 aliphatic heterocycles. The van der Waals surface area contributed by atoms with Crippen LogP contribution >= 0.6 is 0 Å². The predicted molar refractivity (Wildman–Crippen MR) is 93.7 cm³/mol. The van der Waals surface area contributed by atoms with Crippen molar-refractivity contribution in [3.63, 3.8) is 0 Å². The van der Waals surface area contributed by atoms with E-state index in [1.165, 1.54) is 6.07 Å². The van der Waals surface area contributed by atoms with Gasteiger partial charge in [0.2, 0.25) is 0 Å². The summed E-state index contributed by atoms with van der Waals surface area (Å²) in [5.74, 6) is -0.724. The van der Waals surface area contributed by atoms with Crippen LogP contribution < -0.4 is 5.32 Å². The molecule has 0 bridgehead atoms. The second-order valence-corrected chi connectivity index (χ2v) is 5.87. The maximum atomic E-state index is 12.5. The summed E-state index contributed by atoms with van der Waals surface area (Å²) in [5, 5.41) is 11.8. The van der Waals surface area contributed by atoms with Crippen LogP contribution in [0.2, 0.25) is 0 Å². The zero-order chi connectivity index (χ0) is 18.2.